The highest BCUT2D eigenvalue weighted by Crippen LogP contribution is 2.45. The summed E-state index contributed by atoms with van der Waals surface area (Å²) in [7, 11) is 0. The lowest BCUT2D eigenvalue weighted by atomic mass is 9.72. The van der Waals surface area contributed by atoms with Crippen LogP contribution in [0.2, 0.25) is 0 Å². The maximum atomic E-state index is 14.1. The van der Waals surface area contributed by atoms with E-state index in [-0.39, 0.29) is 37.1 Å². The van der Waals surface area contributed by atoms with Crippen molar-refractivity contribution in [1.82, 2.24) is 4.90 Å². The molecule has 0 aliphatic carbocycles. The topological polar surface area (TPSA) is 73.6 Å². The van der Waals surface area contributed by atoms with Crippen LogP contribution < -0.4 is 0 Å². The first-order valence-corrected chi connectivity index (χ1v) is 10.0. The van der Waals surface area contributed by atoms with Gasteiger partial charge in [-0.05, 0) is 42.5 Å². The predicted octanol–water partition coefficient (Wildman–Crippen LogP) is 4.38. The number of ether oxygens (including phenoxy) is 1. The van der Waals surface area contributed by atoms with Gasteiger partial charge in [0.25, 0.3) is 0 Å². The second kappa shape index (κ2) is 8.04. The molecule has 2 atom stereocenters. The predicted molar refractivity (Wildman–Crippen MR) is 104 cm³/mol. The fourth-order valence-corrected chi connectivity index (χ4v) is 4.71. The van der Waals surface area contributed by atoms with Gasteiger partial charge in [0.05, 0.1) is 5.60 Å². The Balaban J connectivity index is 1.53. The first kappa shape index (κ1) is 20.3. The summed E-state index contributed by atoms with van der Waals surface area (Å²) in [5.74, 6) is -1.98. The van der Waals surface area contributed by atoms with Gasteiger partial charge in [-0.2, -0.15) is 5.26 Å². The number of fused-ring (bicyclic) bond motifs is 2. The number of hydrogen-bond donors (Lipinski definition) is 1. The van der Waals surface area contributed by atoms with Crippen molar-refractivity contribution >= 4 is 6.09 Å². The van der Waals surface area contributed by atoms with E-state index in [9.17, 15) is 18.7 Å². The molecule has 2 heterocycles. The van der Waals surface area contributed by atoms with E-state index in [0.717, 1.165) is 24.1 Å². The Morgan fingerprint density at radius 3 is 2.33 bits per heavy atom. The quantitative estimate of drug-likeness (QED) is 0.812. The van der Waals surface area contributed by atoms with E-state index in [1.165, 1.54) is 6.07 Å². The molecule has 0 radical (unpaired) electrons. The maximum absolute atomic E-state index is 14.1. The maximum Gasteiger partial charge on any atom is 0.410 e. The van der Waals surface area contributed by atoms with E-state index in [1.54, 1.807) is 4.90 Å². The molecule has 5 nitrogen and oxygen atoms in total. The number of carbonyl (C=O) groups is 1. The van der Waals surface area contributed by atoms with E-state index in [4.69, 9.17) is 10.00 Å². The number of rotatable bonds is 3. The number of amides is 1. The third-order valence-electron chi connectivity index (χ3n) is 6.12. The van der Waals surface area contributed by atoms with Crippen LogP contribution in [0.4, 0.5) is 13.6 Å². The zero-order chi connectivity index (χ0) is 21.3. The molecule has 1 N–H and O–H groups in total. The molecule has 2 unspecified atom stereocenters. The van der Waals surface area contributed by atoms with Gasteiger partial charge in [0.15, 0.2) is 0 Å². The Hall–Kier alpha value is -2.98. The summed E-state index contributed by atoms with van der Waals surface area (Å²) < 4.78 is 33.8. The zero-order valence-electron chi connectivity index (χ0n) is 16.4. The first-order chi connectivity index (χ1) is 14.4. The van der Waals surface area contributed by atoms with E-state index in [0.29, 0.717) is 12.8 Å². The summed E-state index contributed by atoms with van der Waals surface area (Å²) in [6, 6.07) is 12.4. The van der Waals surface area contributed by atoms with Crippen molar-refractivity contribution in [1.29, 1.82) is 5.26 Å². The fourth-order valence-electron chi connectivity index (χ4n) is 4.71. The molecule has 2 aromatic rings. The van der Waals surface area contributed by atoms with Gasteiger partial charge in [0.2, 0.25) is 0 Å². The molecule has 7 heteroatoms. The molecule has 2 aliphatic rings. The molecule has 2 aromatic carbocycles. The molecule has 0 aromatic heterocycles. The van der Waals surface area contributed by atoms with Crippen LogP contribution in [-0.2, 0) is 16.9 Å². The molecule has 2 bridgehead atoms. The lowest BCUT2D eigenvalue weighted by Gasteiger charge is -2.51. The average Bonchev–Trinajstić information content (AvgIpc) is 2.72. The SMILES string of the molecule is N#Cc1c(F)cc(C2(O)CC3CCCC(C2)N3C(=O)OCc2ccccc2)cc1F. The minimum atomic E-state index is -1.47. The van der Waals surface area contributed by atoms with Gasteiger partial charge >= 0.3 is 6.09 Å². The van der Waals surface area contributed by atoms with Gasteiger partial charge < -0.3 is 14.7 Å². The molecule has 2 saturated heterocycles. The van der Waals surface area contributed by atoms with Crippen LogP contribution in [-0.4, -0.2) is 28.2 Å². The summed E-state index contributed by atoms with van der Waals surface area (Å²) in [6.07, 6.45) is 2.15. The largest absolute Gasteiger partial charge is 0.445 e. The molecule has 1 amide bonds. The van der Waals surface area contributed by atoms with Crippen molar-refractivity contribution in [2.45, 2.75) is 56.4 Å². The smallest absolute Gasteiger partial charge is 0.410 e. The number of benzene rings is 2. The third kappa shape index (κ3) is 3.75. The minimum absolute atomic E-state index is 0.103. The van der Waals surface area contributed by atoms with Crippen molar-refractivity contribution < 1.29 is 23.4 Å². The highest BCUT2D eigenvalue weighted by Gasteiger charge is 2.49. The van der Waals surface area contributed by atoms with Crippen molar-refractivity contribution in [3.63, 3.8) is 0 Å². The third-order valence-corrected chi connectivity index (χ3v) is 6.12. The van der Waals surface area contributed by atoms with Gasteiger partial charge in [-0.1, -0.05) is 30.3 Å². The van der Waals surface area contributed by atoms with Crippen molar-refractivity contribution in [2.75, 3.05) is 0 Å². The molecule has 0 spiro atoms. The summed E-state index contributed by atoms with van der Waals surface area (Å²) in [4.78, 5) is 14.5. The Labute approximate surface area is 173 Å². The Morgan fingerprint density at radius 2 is 1.77 bits per heavy atom. The Morgan fingerprint density at radius 1 is 1.17 bits per heavy atom. The molecule has 156 valence electrons. The van der Waals surface area contributed by atoms with Crippen LogP contribution in [0.15, 0.2) is 42.5 Å². The van der Waals surface area contributed by atoms with Gasteiger partial charge in [-0.25, -0.2) is 13.6 Å². The van der Waals surface area contributed by atoms with E-state index in [2.05, 4.69) is 0 Å². The van der Waals surface area contributed by atoms with Crippen LogP contribution in [0.5, 0.6) is 0 Å². The monoisotopic (exact) mass is 412 g/mol. The van der Waals surface area contributed by atoms with E-state index in [1.807, 2.05) is 30.3 Å². The summed E-state index contributed by atoms with van der Waals surface area (Å²) in [5.41, 5.74) is -1.15. The van der Waals surface area contributed by atoms with Crippen LogP contribution in [0.1, 0.15) is 48.8 Å². The number of hydrogen-bond acceptors (Lipinski definition) is 4. The molecule has 0 saturated carbocycles. The normalized spacial score (nSPS) is 25.5. The van der Waals surface area contributed by atoms with Gasteiger partial charge in [-0.15, -0.1) is 0 Å². The standard InChI is InChI=1S/C23H22F2N2O3/c24-20-9-16(10-21(25)19(20)13-26)23(29)11-17-7-4-8-18(12-23)27(17)22(28)30-14-15-5-2-1-3-6-15/h1-3,5-6,9-10,17-18,29H,4,7-8,11-12,14H2. The lowest BCUT2D eigenvalue weighted by molar-refractivity contribution is -0.0899. The number of halogens is 2. The number of aliphatic hydroxyl groups is 1. The van der Waals surface area contributed by atoms with Crippen LogP contribution in [0.25, 0.3) is 0 Å². The second-order valence-corrected chi connectivity index (χ2v) is 8.05. The van der Waals surface area contributed by atoms with Gasteiger partial charge in [-0.3, -0.25) is 0 Å². The summed E-state index contributed by atoms with van der Waals surface area (Å²) in [6.45, 7) is 0.159. The molecular weight excluding hydrogens is 390 g/mol. The number of carbonyl (C=O) groups excluding carboxylic acids is 1. The first-order valence-electron chi connectivity index (χ1n) is 10.0. The number of nitriles is 1. The number of piperidine rings is 2. The van der Waals surface area contributed by atoms with Crippen LogP contribution >= 0.6 is 0 Å². The summed E-state index contributed by atoms with van der Waals surface area (Å²) in [5, 5.41) is 20.1. The molecule has 4 rings (SSSR count). The van der Waals surface area contributed by atoms with Gasteiger partial charge in [0.1, 0.15) is 29.9 Å². The van der Waals surface area contributed by atoms with Gasteiger partial charge in [0, 0.05) is 24.9 Å². The van der Waals surface area contributed by atoms with Crippen LogP contribution in [0.3, 0.4) is 0 Å². The van der Waals surface area contributed by atoms with Crippen molar-refractivity contribution in [2.24, 2.45) is 0 Å². The lowest BCUT2D eigenvalue weighted by Crippen LogP contribution is -2.59. The Bertz CT molecular complexity index is 953. The van der Waals surface area contributed by atoms with E-state index >= 15 is 0 Å². The van der Waals surface area contributed by atoms with Crippen molar-refractivity contribution in [3.8, 4) is 6.07 Å². The zero-order valence-corrected chi connectivity index (χ0v) is 16.4. The molecular formula is C23H22F2N2O3. The number of nitrogens with zero attached hydrogens (tertiary/aromatic N) is 2. The van der Waals surface area contributed by atoms with Crippen LogP contribution in [0, 0.1) is 23.0 Å². The molecule has 30 heavy (non-hydrogen) atoms. The Kier molecular flexibility index (Phi) is 5.44. The molecule has 2 aliphatic heterocycles. The second-order valence-electron chi connectivity index (χ2n) is 8.05. The molecule has 2 fully saturated rings. The minimum Gasteiger partial charge on any atom is -0.445 e. The highest BCUT2D eigenvalue weighted by atomic mass is 19.1. The average molecular weight is 412 g/mol. The highest BCUT2D eigenvalue weighted by molar-refractivity contribution is 5.69. The van der Waals surface area contributed by atoms with Crippen molar-refractivity contribution in [3.05, 3.63) is 70.8 Å². The summed E-state index contributed by atoms with van der Waals surface area (Å²) >= 11 is 0. The van der Waals surface area contributed by atoms with E-state index < -0.39 is 28.9 Å². The fraction of sp³-hybridized carbons (Fsp3) is 0.391.